The SMILES string of the molecule is COc1cccc2nnc(C3CCN(C(C)C)CC3)n12. The molecule has 0 unspecified atom stereocenters. The van der Waals surface area contributed by atoms with Crippen molar-refractivity contribution in [1.82, 2.24) is 19.5 Å². The second kappa shape index (κ2) is 5.40. The molecule has 20 heavy (non-hydrogen) atoms. The Bertz CT molecular complexity index is 585. The predicted octanol–water partition coefficient (Wildman–Crippen LogP) is 2.33. The number of likely N-dealkylation sites (tertiary alicyclic amines) is 1. The number of aromatic nitrogens is 3. The quantitative estimate of drug-likeness (QED) is 0.861. The van der Waals surface area contributed by atoms with Crippen molar-refractivity contribution in [2.24, 2.45) is 0 Å². The summed E-state index contributed by atoms with van der Waals surface area (Å²) in [6.07, 6.45) is 2.27. The minimum Gasteiger partial charge on any atom is -0.482 e. The first-order valence-corrected chi connectivity index (χ1v) is 7.32. The molecule has 0 amide bonds. The average molecular weight is 274 g/mol. The van der Waals surface area contributed by atoms with E-state index in [2.05, 4.69) is 33.3 Å². The molecule has 5 nitrogen and oxygen atoms in total. The van der Waals surface area contributed by atoms with Gasteiger partial charge in [-0.15, -0.1) is 10.2 Å². The highest BCUT2D eigenvalue weighted by Gasteiger charge is 2.26. The molecule has 108 valence electrons. The maximum atomic E-state index is 5.45. The summed E-state index contributed by atoms with van der Waals surface area (Å²) in [4.78, 5) is 2.52. The lowest BCUT2D eigenvalue weighted by atomic mass is 9.95. The van der Waals surface area contributed by atoms with Gasteiger partial charge in [-0.3, -0.25) is 0 Å². The van der Waals surface area contributed by atoms with E-state index in [0.29, 0.717) is 12.0 Å². The van der Waals surface area contributed by atoms with Crippen LogP contribution < -0.4 is 4.74 Å². The first-order valence-electron chi connectivity index (χ1n) is 7.32. The Balaban J connectivity index is 1.88. The number of rotatable bonds is 3. The van der Waals surface area contributed by atoms with Crippen LogP contribution in [-0.2, 0) is 0 Å². The molecule has 0 aliphatic carbocycles. The average Bonchev–Trinajstić information content (AvgIpc) is 2.91. The largest absolute Gasteiger partial charge is 0.482 e. The van der Waals surface area contributed by atoms with Crippen LogP contribution in [0.5, 0.6) is 5.88 Å². The van der Waals surface area contributed by atoms with E-state index in [1.54, 1.807) is 7.11 Å². The van der Waals surface area contributed by atoms with Crippen molar-refractivity contribution in [3.8, 4) is 5.88 Å². The van der Waals surface area contributed by atoms with Gasteiger partial charge in [0.2, 0.25) is 5.88 Å². The standard InChI is InChI=1S/C15H22N4O/c1-11(2)18-9-7-12(8-10-18)15-17-16-13-5-4-6-14(20-3)19(13)15/h4-6,11-12H,7-10H2,1-3H3. The summed E-state index contributed by atoms with van der Waals surface area (Å²) in [5.41, 5.74) is 0.866. The van der Waals surface area contributed by atoms with Crippen LogP contribution in [0.4, 0.5) is 0 Å². The van der Waals surface area contributed by atoms with Gasteiger partial charge in [-0.25, -0.2) is 4.40 Å². The van der Waals surface area contributed by atoms with E-state index < -0.39 is 0 Å². The molecule has 1 fully saturated rings. The normalized spacial score (nSPS) is 18.0. The number of pyridine rings is 1. The molecule has 5 heteroatoms. The minimum absolute atomic E-state index is 0.469. The second-order valence-corrected chi connectivity index (χ2v) is 5.72. The molecule has 2 aromatic rings. The third-order valence-corrected chi connectivity index (χ3v) is 4.25. The summed E-state index contributed by atoms with van der Waals surface area (Å²) in [6, 6.07) is 6.51. The molecule has 2 aromatic heterocycles. The Labute approximate surface area is 119 Å². The van der Waals surface area contributed by atoms with Crippen LogP contribution in [0, 0.1) is 0 Å². The van der Waals surface area contributed by atoms with Gasteiger partial charge in [0, 0.05) is 12.0 Å². The Morgan fingerprint density at radius 3 is 2.60 bits per heavy atom. The van der Waals surface area contributed by atoms with E-state index in [4.69, 9.17) is 4.74 Å². The van der Waals surface area contributed by atoms with Crippen molar-refractivity contribution in [2.75, 3.05) is 20.2 Å². The number of nitrogens with zero attached hydrogens (tertiary/aromatic N) is 4. The van der Waals surface area contributed by atoms with Gasteiger partial charge in [-0.05, 0) is 51.9 Å². The lowest BCUT2D eigenvalue weighted by Gasteiger charge is -2.33. The summed E-state index contributed by atoms with van der Waals surface area (Å²) < 4.78 is 7.50. The third-order valence-electron chi connectivity index (χ3n) is 4.25. The van der Waals surface area contributed by atoms with Crippen LogP contribution in [0.15, 0.2) is 18.2 Å². The number of ether oxygens (including phenoxy) is 1. The van der Waals surface area contributed by atoms with E-state index in [1.165, 1.54) is 0 Å². The van der Waals surface area contributed by atoms with Crippen LogP contribution in [0.1, 0.15) is 38.4 Å². The van der Waals surface area contributed by atoms with Crippen molar-refractivity contribution in [1.29, 1.82) is 0 Å². The Kier molecular flexibility index (Phi) is 3.61. The molecule has 3 rings (SSSR count). The number of piperidine rings is 1. The van der Waals surface area contributed by atoms with E-state index in [-0.39, 0.29) is 0 Å². The molecule has 0 atom stereocenters. The molecule has 0 spiro atoms. The first-order chi connectivity index (χ1) is 9.70. The molecule has 1 aliphatic rings. The number of hydrogen-bond acceptors (Lipinski definition) is 4. The van der Waals surface area contributed by atoms with Gasteiger partial charge < -0.3 is 9.64 Å². The van der Waals surface area contributed by atoms with E-state index in [0.717, 1.165) is 43.3 Å². The van der Waals surface area contributed by atoms with Crippen LogP contribution in [-0.4, -0.2) is 45.7 Å². The van der Waals surface area contributed by atoms with E-state index >= 15 is 0 Å². The van der Waals surface area contributed by atoms with Gasteiger partial charge in [0.05, 0.1) is 7.11 Å². The van der Waals surface area contributed by atoms with Gasteiger partial charge in [-0.1, -0.05) is 6.07 Å². The van der Waals surface area contributed by atoms with Crippen LogP contribution in [0.25, 0.3) is 5.65 Å². The highest BCUT2D eigenvalue weighted by Crippen LogP contribution is 2.29. The highest BCUT2D eigenvalue weighted by atomic mass is 16.5. The van der Waals surface area contributed by atoms with Gasteiger partial charge in [0.15, 0.2) is 5.65 Å². The molecule has 3 heterocycles. The maximum Gasteiger partial charge on any atom is 0.200 e. The summed E-state index contributed by atoms with van der Waals surface area (Å²) >= 11 is 0. The molecule has 1 aliphatic heterocycles. The van der Waals surface area contributed by atoms with Gasteiger partial charge in [-0.2, -0.15) is 0 Å². The van der Waals surface area contributed by atoms with Crippen molar-refractivity contribution in [3.63, 3.8) is 0 Å². The zero-order valence-electron chi connectivity index (χ0n) is 12.4. The predicted molar refractivity (Wildman–Crippen MR) is 78.2 cm³/mol. The van der Waals surface area contributed by atoms with Crippen molar-refractivity contribution in [2.45, 2.75) is 38.6 Å². The topological polar surface area (TPSA) is 42.7 Å². The molecule has 1 saturated heterocycles. The van der Waals surface area contributed by atoms with Gasteiger partial charge in [0.25, 0.3) is 0 Å². The molecule has 0 saturated carbocycles. The lowest BCUT2D eigenvalue weighted by Crippen LogP contribution is -2.38. The van der Waals surface area contributed by atoms with Gasteiger partial charge >= 0.3 is 0 Å². The lowest BCUT2D eigenvalue weighted by molar-refractivity contribution is 0.169. The Hall–Kier alpha value is -1.62. The highest BCUT2D eigenvalue weighted by molar-refractivity contribution is 5.42. The Morgan fingerprint density at radius 2 is 1.95 bits per heavy atom. The van der Waals surface area contributed by atoms with E-state index in [9.17, 15) is 0 Å². The van der Waals surface area contributed by atoms with Crippen LogP contribution >= 0.6 is 0 Å². The molecule has 0 N–H and O–H groups in total. The maximum absolute atomic E-state index is 5.45. The van der Waals surface area contributed by atoms with Crippen LogP contribution in [0.2, 0.25) is 0 Å². The zero-order valence-corrected chi connectivity index (χ0v) is 12.4. The smallest absolute Gasteiger partial charge is 0.200 e. The zero-order chi connectivity index (χ0) is 14.1. The number of hydrogen-bond donors (Lipinski definition) is 0. The summed E-state index contributed by atoms with van der Waals surface area (Å²) in [5, 5.41) is 8.69. The third kappa shape index (κ3) is 2.26. The van der Waals surface area contributed by atoms with Gasteiger partial charge in [0.1, 0.15) is 5.82 Å². The van der Waals surface area contributed by atoms with Crippen LogP contribution in [0.3, 0.4) is 0 Å². The summed E-state index contributed by atoms with van der Waals surface area (Å²) in [7, 11) is 1.69. The second-order valence-electron chi connectivity index (χ2n) is 5.72. The fourth-order valence-corrected chi connectivity index (χ4v) is 3.03. The van der Waals surface area contributed by atoms with Crippen molar-refractivity contribution in [3.05, 3.63) is 24.0 Å². The molecular weight excluding hydrogens is 252 g/mol. The van der Waals surface area contributed by atoms with E-state index in [1.807, 2.05) is 18.2 Å². The Morgan fingerprint density at radius 1 is 1.20 bits per heavy atom. The number of methoxy groups -OCH3 is 1. The van der Waals surface area contributed by atoms with Crippen molar-refractivity contribution >= 4 is 5.65 Å². The minimum atomic E-state index is 0.469. The fraction of sp³-hybridized carbons (Fsp3) is 0.600. The fourth-order valence-electron chi connectivity index (χ4n) is 3.03. The first kappa shape index (κ1) is 13.4. The summed E-state index contributed by atoms with van der Waals surface area (Å²) in [6.45, 7) is 6.78. The summed E-state index contributed by atoms with van der Waals surface area (Å²) in [5.74, 6) is 2.32. The molecule has 0 bridgehead atoms. The number of fused-ring (bicyclic) bond motifs is 1. The molecule has 0 radical (unpaired) electrons. The molecular formula is C15H22N4O. The molecule has 0 aromatic carbocycles. The van der Waals surface area contributed by atoms with Crippen molar-refractivity contribution < 1.29 is 4.74 Å². The monoisotopic (exact) mass is 274 g/mol.